The maximum atomic E-state index is 12.6. The van der Waals surface area contributed by atoms with Crippen molar-refractivity contribution in [3.05, 3.63) is 69.6 Å². The second kappa shape index (κ2) is 8.95. The summed E-state index contributed by atoms with van der Waals surface area (Å²) in [6, 6.07) is 14.4. The molecule has 0 spiro atoms. The van der Waals surface area contributed by atoms with Crippen molar-refractivity contribution in [3.8, 4) is 5.75 Å². The van der Waals surface area contributed by atoms with Gasteiger partial charge in [-0.2, -0.15) is 0 Å². The van der Waals surface area contributed by atoms with E-state index in [-0.39, 0.29) is 21.9 Å². The highest BCUT2D eigenvalue weighted by atomic mass is 35.5. The maximum Gasteiger partial charge on any atom is 0.341 e. The van der Waals surface area contributed by atoms with Crippen LogP contribution >= 0.6 is 23.4 Å². The van der Waals surface area contributed by atoms with Gasteiger partial charge in [0.2, 0.25) is 0 Å². The Hall–Kier alpha value is -2.77. The Labute approximate surface area is 170 Å². The third-order valence-electron chi connectivity index (χ3n) is 3.95. The summed E-state index contributed by atoms with van der Waals surface area (Å²) in [5, 5.41) is 8.57. The zero-order chi connectivity index (χ0) is 20.1. The SMILES string of the molecule is O=C(O)COc1ccc(/C=C2\SC(=O)N(CCc3ccccc3)C2=O)cc1Cl. The van der Waals surface area contributed by atoms with Crippen molar-refractivity contribution in [2.75, 3.05) is 13.2 Å². The van der Waals surface area contributed by atoms with Crippen molar-refractivity contribution in [2.45, 2.75) is 6.42 Å². The number of carboxylic acid groups (broad SMARTS) is 1. The topological polar surface area (TPSA) is 83.9 Å². The van der Waals surface area contributed by atoms with Crippen molar-refractivity contribution >= 4 is 46.6 Å². The van der Waals surface area contributed by atoms with Gasteiger partial charge in [-0.3, -0.25) is 14.5 Å². The van der Waals surface area contributed by atoms with Crippen molar-refractivity contribution in [3.63, 3.8) is 0 Å². The third-order valence-corrected chi connectivity index (χ3v) is 5.15. The van der Waals surface area contributed by atoms with E-state index in [9.17, 15) is 14.4 Å². The van der Waals surface area contributed by atoms with E-state index in [0.29, 0.717) is 23.4 Å². The quantitative estimate of drug-likeness (QED) is 0.683. The normalized spacial score (nSPS) is 15.3. The largest absolute Gasteiger partial charge is 0.480 e. The van der Waals surface area contributed by atoms with Gasteiger partial charge < -0.3 is 9.84 Å². The Morgan fingerprint density at radius 3 is 2.61 bits per heavy atom. The van der Waals surface area contributed by atoms with Crippen molar-refractivity contribution in [2.24, 2.45) is 0 Å². The van der Waals surface area contributed by atoms with E-state index in [4.69, 9.17) is 21.4 Å². The van der Waals surface area contributed by atoms with Gasteiger partial charge in [-0.05, 0) is 47.5 Å². The number of carboxylic acids is 1. The summed E-state index contributed by atoms with van der Waals surface area (Å²) in [7, 11) is 0. The predicted octanol–water partition coefficient (Wildman–Crippen LogP) is 4.08. The van der Waals surface area contributed by atoms with E-state index >= 15 is 0 Å². The highest BCUT2D eigenvalue weighted by molar-refractivity contribution is 8.18. The first-order valence-electron chi connectivity index (χ1n) is 8.37. The van der Waals surface area contributed by atoms with Crippen molar-refractivity contribution in [1.29, 1.82) is 0 Å². The first-order valence-corrected chi connectivity index (χ1v) is 9.57. The first-order chi connectivity index (χ1) is 13.4. The van der Waals surface area contributed by atoms with Crippen LogP contribution in [0.4, 0.5) is 4.79 Å². The molecule has 0 bridgehead atoms. The number of carbonyl (C=O) groups is 3. The summed E-state index contributed by atoms with van der Waals surface area (Å²) in [5.41, 5.74) is 1.66. The van der Waals surface area contributed by atoms with Gasteiger partial charge in [0.1, 0.15) is 5.75 Å². The van der Waals surface area contributed by atoms with Gasteiger partial charge in [-0.25, -0.2) is 4.79 Å². The molecule has 0 radical (unpaired) electrons. The number of benzene rings is 2. The average Bonchev–Trinajstić information content (AvgIpc) is 2.93. The number of hydrogen-bond acceptors (Lipinski definition) is 5. The molecule has 2 amide bonds. The molecule has 1 heterocycles. The number of nitrogens with zero attached hydrogens (tertiary/aromatic N) is 1. The van der Waals surface area contributed by atoms with E-state index in [1.807, 2.05) is 30.3 Å². The lowest BCUT2D eigenvalue weighted by atomic mass is 10.1. The summed E-state index contributed by atoms with van der Waals surface area (Å²) in [5.74, 6) is -1.21. The number of rotatable bonds is 7. The number of aliphatic carboxylic acids is 1. The number of imide groups is 1. The van der Waals surface area contributed by atoms with Gasteiger partial charge in [0.25, 0.3) is 11.1 Å². The van der Waals surface area contributed by atoms with Crippen LogP contribution in [0.2, 0.25) is 5.02 Å². The lowest BCUT2D eigenvalue weighted by Crippen LogP contribution is -2.30. The van der Waals surface area contributed by atoms with Gasteiger partial charge in [-0.15, -0.1) is 0 Å². The van der Waals surface area contributed by atoms with Crippen molar-refractivity contribution in [1.82, 2.24) is 4.90 Å². The van der Waals surface area contributed by atoms with E-state index in [2.05, 4.69) is 0 Å². The maximum absolute atomic E-state index is 12.6. The van der Waals surface area contributed by atoms with Gasteiger partial charge >= 0.3 is 5.97 Å². The minimum atomic E-state index is -1.11. The fraction of sp³-hybridized carbons (Fsp3) is 0.150. The lowest BCUT2D eigenvalue weighted by Gasteiger charge is -2.12. The Morgan fingerprint density at radius 2 is 1.93 bits per heavy atom. The molecule has 144 valence electrons. The molecule has 0 aromatic heterocycles. The number of thioether (sulfide) groups is 1. The molecule has 6 nitrogen and oxygen atoms in total. The van der Waals surface area contributed by atoms with Crippen LogP contribution < -0.4 is 4.74 Å². The van der Waals surface area contributed by atoms with Crippen LogP contribution in [0.5, 0.6) is 5.75 Å². The minimum Gasteiger partial charge on any atom is -0.480 e. The second-order valence-corrected chi connectivity index (χ2v) is 7.34. The molecule has 1 N–H and O–H groups in total. The number of amides is 2. The van der Waals surface area contributed by atoms with E-state index < -0.39 is 12.6 Å². The summed E-state index contributed by atoms with van der Waals surface area (Å²) in [6.45, 7) is -0.186. The second-order valence-electron chi connectivity index (χ2n) is 5.94. The Bertz CT molecular complexity index is 945. The van der Waals surface area contributed by atoms with Crippen LogP contribution in [0.25, 0.3) is 6.08 Å². The number of carbonyl (C=O) groups excluding carboxylic acids is 2. The molecule has 1 aliphatic heterocycles. The predicted molar refractivity (Wildman–Crippen MR) is 107 cm³/mol. The van der Waals surface area contributed by atoms with Gasteiger partial charge in [0, 0.05) is 6.54 Å². The monoisotopic (exact) mass is 417 g/mol. The average molecular weight is 418 g/mol. The van der Waals surface area contributed by atoms with Crippen LogP contribution in [0.3, 0.4) is 0 Å². The molecule has 3 rings (SSSR count). The molecule has 0 aliphatic carbocycles. The fourth-order valence-corrected chi connectivity index (χ4v) is 3.70. The van der Waals surface area contributed by atoms with Gasteiger partial charge in [0.15, 0.2) is 6.61 Å². The lowest BCUT2D eigenvalue weighted by molar-refractivity contribution is -0.139. The molecule has 1 fully saturated rings. The molecule has 1 saturated heterocycles. The Kier molecular flexibility index (Phi) is 6.38. The first kappa shape index (κ1) is 20.0. The van der Waals surface area contributed by atoms with Crippen LogP contribution in [-0.2, 0) is 16.0 Å². The van der Waals surface area contributed by atoms with Crippen LogP contribution in [-0.4, -0.2) is 40.3 Å². The zero-order valence-electron chi connectivity index (χ0n) is 14.6. The molecule has 2 aromatic rings. The highest BCUT2D eigenvalue weighted by Gasteiger charge is 2.34. The molecule has 1 aliphatic rings. The van der Waals surface area contributed by atoms with Crippen LogP contribution in [0.15, 0.2) is 53.4 Å². The van der Waals surface area contributed by atoms with Crippen molar-refractivity contribution < 1.29 is 24.2 Å². The van der Waals surface area contributed by atoms with E-state index in [1.165, 1.54) is 11.0 Å². The minimum absolute atomic E-state index is 0.221. The Morgan fingerprint density at radius 1 is 1.18 bits per heavy atom. The van der Waals surface area contributed by atoms with Gasteiger partial charge in [-0.1, -0.05) is 48.0 Å². The summed E-state index contributed by atoms with van der Waals surface area (Å²) >= 11 is 6.98. The molecule has 0 atom stereocenters. The summed E-state index contributed by atoms with van der Waals surface area (Å²) in [6.07, 6.45) is 2.17. The molecule has 8 heteroatoms. The van der Waals surface area contributed by atoms with Crippen LogP contribution in [0.1, 0.15) is 11.1 Å². The summed E-state index contributed by atoms with van der Waals surface area (Å²) < 4.78 is 5.07. The molecule has 0 unspecified atom stereocenters. The molecule has 28 heavy (non-hydrogen) atoms. The zero-order valence-corrected chi connectivity index (χ0v) is 16.2. The highest BCUT2D eigenvalue weighted by Crippen LogP contribution is 2.33. The van der Waals surface area contributed by atoms with E-state index in [1.54, 1.807) is 18.2 Å². The molecular weight excluding hydrogens is 402 g/mol. The van der Waals surface area contributed by atoms with Gasteiger partial charge in [0.05, 0.1) is 9.93 Å². The molecular formula is C20H16ClNO5S. The number of ether oxygens (including phenoxy) is 1. The summed E-state index contributed by atoms with van der Waals surface area (Å²) in [4.78, 5) is 36.9. The molecule has 2 aromatic carbocycles. The smallest absolute Gasteiger partial charge is 0.341 e. The molecule has 0 saturated carbocycles. The number of halogens is 1. The third kappa shape index (κ3) is 4.94. The fourth-order valence-electron chi connectivity index (χ4n) is 2.59. The number of hydrogen-bond donors (Lipinski definition) is 1. The Balaban J connectivity index is 1.69. The standard InChI is InChI=1S/C20H16ClNO5S/c21-15-10-14(6-7-16(15)27-12-18(23)24)11-17-19(25)22(20(26)28-17)9-8-13-4-2-1-3-5-13/h1-7,10-11H,8-9,12H2,(H,23,24)/b17-11-. The van der Waals surface area contributed by atoms with Crippen LogP contribution in [0, 0.1) is 0 Å². The van der Waals surface area contributed by atoms with E-state index in [0.717, 1.165) is 17.3 Å².